The van der Waals surface area contributed by atoms with Crippen molar-refractivity contribution >= 4 is 44.1 Å². The second-order valence-corrected chi connectivity index (χ2v) is 8.47. The van der Waals surface area contributed by atoms with Crippen LogP contribution >= 0.6 is 22.9 Å². The molecule has 1 fully saturated rings. The molecule has 0 radical (unpaired) electrons. The highest BCUT2D eigenvalue weighted by atomic mass is 32.1. The summed E-state index contributed by atoms with van der Waals surface area (Å²) < 4.78 is 21.2. The fourth-order valence-electron chi connectivity index (χ4n) is 3.29. The van der Waals surface area contributed by atoms with Crippen LogP contribution in [0.15, 0.2) is 12.1 Å². The Hall–Kier alpha value is -2.34. The average Bonchev–Trinajstić information content (AvgIpc) is 3.40. The van der Waals surface area contributed by atoms with Gasteiger partial charge in [-0.2, -0.15) is 0 Å². The van der Waals surface area contributed by atoms with Crippen LogP contribution in [0.3, 0.4) is 0 Å². The van der Waals surface area contributed by atoms with Gasteiger partial charge in [0, 0.05) is 26.2 Å². The van der Waals surface area contributed by atoms with E-state index in [0.29, 0.717) is 52.5 Å². The number of thiazole rings is 1. The van der Waals surface area contributed by atoms with Crippen molar-refractivity contribution in [3.05, 3.63) is 22.7 Å². The van der Waals surface area contributed by atoms with Crippen molar-refractivity contribution in [3.63, 3.8) is 0 Å². The zero-order valence-electron chi connectivity index (χ0n) is 17.1. The summed E-state index contributed by atoms with van der Waals surface area (Å²) in [6.07, 6.45) is 0. The lowest BCUT2D eigenvalue weighted by Crippen LogP contribution is -2.43. The number of ether oxygens (including phenoxy) is 3. The van der Waals surface area contributed by atoms with E-state index in [-0.39, 0.29) is 5.91 Å². The van der Waals surface area contributed by atoms with Gasteiger partial charge in [0.15, 0.2) is 5.13 Å². The second kappa shape index (κ2) is 9.21. The maximum Gasteiger partial charge on any atom is 0.273 e. The highest BCUT2D eigenvalue weighted by Gasteiger charge is 2.27. The quantitative estimate of drug-likeness (QED) is 0.543. The lowest BCUT2D eigenvalue weighted by molar-refractivity contribution is 0.0391. The van der Waals surface area contributed by atoms with Gasteiger partial charge in [-0.25, -0.2) is 4.98 Å². The number of aryl methyl sites for hydroxylation is 1. The van der Waals surface area contributed by atoms with E-state index in [1.54, 1.807) is 26.0 Å². The first-order valence-electron chi connectivity index (χ1n) is 9.54. The summed E-state index contributed by atoms with van der Waals surface area (Å²) in [6, 6.07) is 3.67. The summed E-state index contributed by atoms with van der Waals surface area (Å²) in [5, 5.41) is 4.59. The van der Waals surface area contributed by atoms with Crippen molar-refractivity contribution in [1.29, 1.82) is 0 Å². The average molecular weight is 450 g/mol. The molecule has 2 aromatic heterocycles. The van der Waals surface area contributed by atoms with E-state index in [0.717, 1.165) is 35.9 Å². The maximum atomic E-state index is 13.4. The van der Waals surface area contributed by atoms with Crippen molar-refractivity contribution in [2.45, 2.75) is 6.92 Å². The summed E-state index contributed by atoms with van der Waals surface area (Å²) in [4.78, 5) is 22.7. The fourth-order valence-corrected chi connectivity index (χ4v) is 5.00. The molecule has 11 heteroatoms. The van der Waals surface area contributed by atoms with E-state index in [1.807, 2.05) is 12.1 Å². The molecule has 1 saturated heterocycles. The maximum absolute atomic E-state index is 13.4. The SMILES string of the molecule is COc1ccc(OC)c2sc(N(CCN3CCOCC3)C(=O)c3snnc3C)nc12. The van der Waals surface area contributed by atoms with Crippen molar-refractivity contribution in [2.24, 2.45) is 0 Å². The Kier molecular flexibility index (Phi) is 6.42. The Morgan fingerprint density at radius 1 is 1.23 bits per heavy atom. The van der Waals surface area contributed by atoms with Crippen LogP contribution in [0, 0.1) is 6.92 Å². The number of morpholine rings is 1. The lowest BCUT2D eigenvalue weighted by atomic mass is 10.3. The third-order valence-electron chi connectivity index (χ3n) is 4.96. The summed E-state index contributed by atoms with van der Waals surface area (Å²) in [5.74, 6) is 1.20. The van der Waals surface area contributed by atoms with E-state index < -0.39 is 0 Å². The topological polar surface area (TPSA) is 89.9 Å². The van der Waals surface area contributed by atoms with Gasteiger partial charge in [0.25, 0.3) is 5.91 Å². The predicted molar refractivity (Wildman–Crippen MR) is 116 cm³/mol. The number of benzene rings is 1. The second-order valence-electron chi connectivity index (χ2n) is 6.74. The first-order valence-corrected chi connectivity index (χ1v) is 11.1. The van der Waals surface area contributed by atoms with Gasteiger partial charge >= 0.3 is 0 Å². The van der Waals surface area contributed by atoms with Crippen LogP contribution in [-0.4, -0.2) is 79.0 Å². The number of carbonyl (C=O) groups excluding carboxylic acids is 1. The molecule has 9 nitrogen and oxygen atoms in total. The van der Waals surface area contributed by atoms with Crippen LogP contribution in [0.4, 0.5) is 5.13 Å². The Morgan fingerprint density at radius 3 is 2.63 bits per heavy atom. The van der Waals surface area contributed by atoms with Crippen LogP contribution in [-0.2, 0) is 4.74 Å². The molecular formula is C19H23N5O4S2. The zero-order valence-corrected chi connectivity index (χ0v) is 18.7. The number of methoxy groups -OCH3 is 2. The van der Waals surface area contributed by atoms with Gasteiger partial charge in [0.2, 0.25) is 0 Å². The first kappa shape index (κ1) is 20.9. The van der Waals surface area contributed by atoms with Gasteiger partial charge in [0.1, 0.15) is 26.6 Å². The van der Waals surface area contributed by atoms with Gasteiger partial charge < -0.3 is 14.2 Å². The molecule has 3 heterocycles. The van der Waals surface area contributed by atoms with Gasteiger partial charge in [-0.05, 0) is 30.6 Å². The number of rotatable bonds is 7. The number of anilines is 1. The summed E-state index contributed by atoms with van der Waals surface area (Å²) in [6.45, 7) is 6.14. The highest BCUT2D eigenvalue weighted by Crippen LogP contribution is 2.40. The van der Waals surface area contributed by atoms with Crippen LogP contribution in [0.5, 0.6) is 11.5 Å². The zero-order chi connectivity index (χ0) is 21.1. The predicted octanol–water partition coefficient (Wildman–Crippen LogP) is 2.45. The van der Waals surface area contributed by atoms with Crippen molar-refractivity contribution < 1.29 is 19.0 Å². The van der Waals surface area contributed by atoms with Crippen LogP contribution < -0.4 is 14.4 Å². The van der Waals surface area contributed by atoms with E-state index in [4.69, 9.17) is 19.2 Å². The molecule has 4 rings (SSSR count). The molecule has 0 spiro atoms. The Labute approximate surface area is 182 Å². The molecule has 30 heavy (non-hydrogen) atoms. The van der Waals surface area contributed by atoms with Gasteiger partial charge in [0.05, 0.1) is 33.1 Å². The molecule has 1 aliphatic rings. The Balaban J connectivity index is 1.71. The van der Waals surface area contributed by atoms with E-state index in [9.17, 15) is 4.79 Å². The smallest absolute Gasteiger partial charge is 0.273 e. The summed E-state index contributed by atoms with van der Waals surface area (Å²) >= 11 is 2.52. The number of nitrogens with zero attached hydrogens (tertiary/aromatic N) is 5. The lowest BCUT2D eigenvalue weighted by Gasteiger charge is -2.29. The third kappa shape index (κ3) is 4.10. The summed E-state index contributed by atoms with van der Waals surface area (Å²) in [7, 11) is 3.22. The molecule has 0 saturated carbocycles. The molecule has 0 N–H and O–H groups in total. The van der Waals surface area contributed by atoms with Crippen molar-refractivity contribution in [1.82, 2.24) is 19.5 Å². The molecule has 0 aliphatic carbocycles. The largest absolute Gasteiger partial charge is 0.495 e. The third-order valence-corrected chi connectivity index (χ3v) is 6.87. The Morgan fingerprint density at radius 2 is 1.97 bits per heavy atom. The van der Waals surface area contributed by atoms with Crippen molar-refractivity contribution in [3.8, 4) is 11.5 Å². The standard InChI is InChI=1S/C19H23N5O4S2/c1-12-16(30-22-21-12)18(25)24(7-6-23-8-10-28-11-9-23)19-20-15-13(26-2)4-5-14(27-3)17(15)29-19/h4-5H,6-11H2,1-3H3. The minimum Gasteiger partial charge on any atom is -0.495 e. The van der Waals surface area contributed by atoms with Crippen LogP contribution in [0.25, 0.3) is 10.2 Å². The first-order chi connectivity index (χ1) is 14.6. The number of amides is 1. The molecular weight excluding hydrogens is 426 g/mol. The highest BCUT2D eigenvalue weighted by molar-refractivity contribution is 7.22. The van der Waals surface area contributed by atoms with Crippen LogP contribution in [0.2, 0.25) is 0 Å². The summed E-state index contributed by atoms with van der Waals surface area (Å²) in [5.41, 5.74) is 1.30. The minimum absolute atomic E-state index is 0.146. The number of fused-ring (bicyclic) bond motifs is 1. The molecule has 1 amide bonds. The van der Waals surface area contributed by atoms with Crippen molar-refractivity contribution in [2.75, 3.05) is 58.5 Å². The molecule has 3 aromatic rings. The molecule has 1 aliphatic heterocycles. The van der Waals surface area contributed by atoms with E-state index in [1.165, 1.54) is 11.3 Å². The number of aromatic nitrogens is 3. The number of carbonyl (C=O) groups is 1. The van der Waals surface area contributed by atoms with Gasteiger partial charge in [-0.15, -0.1) is 5.10 Å². The molecule has 160 valence electrons. The monoisotopic (exact) mass is 449 g/mol. The Bertz CT molecular complexity index is 990. The molecule has 0 unspecified atom stereocenters. The normalized spacial score (nSPS) is 14.8. The molecule has 0 bridgehead atoms. The van der Waals surface area contributed by atoms with E-state index in [2.05, 4.69) is 14.5 Å². The van der Waals surface area contributed by atoms with Gasteiger partial charge in [-0.1, -0.05) is 15.8 Å². The molecule has 0 atom stereocenters. The fraction of sp³-hybridized carbons (Fsp3) is 0.474. The minimum atomic E-state index is -0.146. The molecule has 1 aromatic carbocycles. The number of hydrogen-bond donors (Lipinski definition) is 0. The van der Waals surface area contributed by atoms with E-state index >= 15 is 0 Å². The van der Waals surface area contributed by atoms with Crippen LogP contribution in [0.1, 0.15) is 15.4 Å². The number of hydrogen-bond acceptors (Lipinski definition) is 10. The van der Waals surface area contributed by atoms with Gasteiger partial charge in [-0.3, -0.25) is 14.6 Å².